The Morgan fingerprint density at radius 3 is 2.95 bits per heavy atom. The highest BCUT2D eigenvalue weighted by molar-refractivity contribution is 6.33. The summed E-state index contributed by atoms with van der Waals surface area (Å²) in [4.78, 5) is 36.3. The van der Waals surface area contributed by atoms with Gasteiger partial charge in [-0.25, -0.2) is 0 Å². The molecule has 1 saturated heterocycles. The van der Waals surface area contributed by atoms with Gasteiger partial charge in [-0.05, 0) is 25.1 Å². The van der Waals surface area contributed by atoms with Gasteiger partial charge < -0.3 is 11.1 Å². The smallest absolute Gasteiger partial charge is 0.243 e. The van der Waals surface area contributed by atoms with Crippen molar-refractivity contribution < 1.29 is 14.4 Å². The summed E-state index contributed by atoms with van der Waals surface area (Å²) in [5.74, 6) is -1.22. The predicted molar refractivity (Wildman–Crippen MR) is 78.7 cm³/mol. The number of nitrogens with one attached hydrogen (secondary N) is 2. The maximum Gasteiger partial charge on any atom is 0.243 e. The van der Waals surface area contributed by atoms with E-state index in [1.54, 1.807) is 19.1 Å². The van der Waals surface area contributed by atoms with E-state index in [0.29, 0.717) is 16.4 Å². The number of amides is 3. The van der Waals surface area contributed by atoms with Gasteiger partial charge in [0.2, 0.25) is 17.7 Å². The molecule has 1 aliphatic heterocycles. The first-order valence-electron chi connectivity index (χ1n) is 6.29. The van der Waals surface area contributed by atoms with Gasteiger partial charge in [0.25, 0.3) is 0 Å². The minimum Gasteiger partial charge on any atom is -0.399 e. The third-order valence-corrected chi connectivity index (χ3v) is 3.48. The lowest BCUT2D eigenvalue weighted by Gasteiger charge is -2.30. The molecule has 0 saturated carbocycles. The number of piperazine rings is 1. The second kappa shape index (κ2) is 6.11. The number of nitrogen functional groups attached to an aromatic ring is 1. The van der Waals surface area contributed by atoms with Crippen LogP contribution in [0.1, 0.15) is 6.92 Å². The standard InChI is InChI=1S/C13H15ClN4O3/c1-7-13(21)17-12(20)6-18(7)5-11(19)16-10-4-8(15)2-3-9(10)14/h2-4,7H,5-6,15H2,1H3,(H,16,19)(H,17,20,21). The zero-order valence-electron chi connectivity index (χ0n) is 11.4. The minimum atomic E-state index is -0.551. The number of anilines is 2. The lowest BCUT2D eigenvalue weighted by atomic mass is 10.2. The third kappa shape index (κ3) is 3.71. The van der Waals surface area contributed by atoms with Crippen molar-refractivity contribution in [3.63, 3.8) is 0 Å². The van der Waals surface area contributed by atoms with Crippen molar-refractivity contribution in [1.29, 1.82) is 0 Å². The molecule has 1 aliphatic rings. The number of hydrogen-bond donors (Lipinski definition) is 3. The average molecular weight is 311 g/mol. The van der Waals surface area contributed by atoms with Gasteiger partial charge in [-0.2, -0.15) is 0 Å². The molecule has 4 N–H and O–H groups in total. The van der Waals surface area contributed by atoms with Gasteiger partial charge in [0.15, 0.2) is 0 Å². The number of nitrogens with zero attached hydrogens (tertiary/aromatic N) is 1. The monoisotopic (exact) mass is 310 g/mol. The summed E-state index contributed by atoms with van der Waals surface area (Å²) in [6, 6.07) is 4.18. The van der Waals surface area contributed by atoms with Gasteiger partial charge in [0, 0.05) is 5.69 Å². The van der Waals surface area contributed by atoms with Crippen molar-refractivity contribution in [1.82, 2.24) is 10.2 Å². The molecule has 1 unspecified atom stereocenters. The molecule has 1 heterocycles. The molecule has 0 radical (unpaired) electrons. The Balaban J connectivity index is 2.02. The second-order valence-electron chi connectivity index (χ2n) is 4.78. The Hall–Kier alpha value is -2.12. The van der Waals surface area contributed by atoms with E-state index in [-0.39, 0.29) is 19.0 Å². The zero-order chi connectivity index (χ0) is 15.6. The van der Waals surface area contributed by atoms with Gasteiger partial charge in [-0.1, -0.05) is 11.6 Å². The van der Waals surface area contributed by atoms with Crippen LogP contribution in [0.5, 0.6) is 0 Å². The molecule has 7 nitrogen and oxygen atoms in total. The molecule has 1 fully saturated rings. The quantitative estimate of drug-likeness (QED) is 0.547. The fourth-order valence-electron chi connectivity index (χ4n) is 1.97. The first-order chi connectivity index (χ1) is 9.86. The average Bonchev–Trinajstić information content (AvgIpc) is 2.39. The highest BCUT2D eigenvalue weighted by Gasteiger charge is 2.31. The molecule has 112 valence electrons. The number of benzene rings is 1. The summed E-state index contributed by atoms with van der Waals surface area (Å²) in [7, 11) is 0. The number of halogens is 1. The van der Waals surface area contributed by atoms with Crippen molar-refractivity contribution in [2.45, 2.75) is 13.0 Å². The number of rotatable bonds is 3. The zero-order valence-corrected chi connectivity index (χ0v) is 12.1. The third-order valence-electron chi connectivity index (χ3n) is 3.15. The normalized spacial score (nSPS) is 19.2. The summed E-state index contributed by atoms with van der Waals surface area (Å²) >= 11 is 5.96. The van der Waals surface area contributed by atoms with Crippen LogP contribution in [0.4, 0.5) is 11.4 Å². The summed E-state index contributed by atoms with van der Waals surface area (Å²) in [6.07, 6.45) is 0. The van der Waals surface area contributed by atoms with Crippen molar-refractivity contribution >= 4 is 40.7 Å². The number of carbonyl (C=O) groups is 3. The predicted octanol–water partition coefficient (Wildman–Crippen LogP) is 0.208. The molecule has 0 bridgehead atoms. The van der Waals surface area contributed by atoms with E-state index in [9.17, 15) is 14.4 Å². The molecule has 1 aromatic carbocycles. The van der Waals surface area contributed by atoms with Crippen LogP contribution in [0.15, 0.2) is 18.2 Å². The Kier molecular flexibility index (Phi) is 4.44. The van der Waals surface area contributed by atoms with E-state index < -0.39 is 17.9 Å². The molecule has 1 aromatic rings. The van der Waals surface area contributed by atoms with E-state index in [4.69, 9.17) is 17.3 Å². The minimum absolute atomic E-state index is 0.00894. The summed E-state index contributed by atoms with van der Waals surface area (Å²) in [6.45, 7) is 1.53. The first kappa shape index (κ1) is 15.3. The van der Waals surface area contributed by atoms with E-state index in [1.165, 1.54) is 11.0 Å². The molecule has 1 atom stereocenters. The molecular weight excluding hydrogens is 296 g/mol. The molecule has 0 aromatic heterocycles. The van der Waals surface area contributed by atoms with E-state index in [0.717, 1.165) is 0 Å². The van der Waals surface area contributed by atoms with Gasteiger partial charge in [0.1, 0.15) is 0 Å². The largest absolute Gasteiger partial charge is 0.399 e. The summed E-state index contributed by atoms with van der Waals surface area (Å²) in [5, 5.41) is 5.18. The number of hydrogen-bond acceptors (Lipinski definition) is 5. The number of nitrogens with two attached hydrogens (primary N) is 1. The second-order valence-corrected chi connectivity index (χ2v) is 5.19. The van der Waals surface area contributed by atoms with E-state index in [2.05, 4.69) is 10.6 Å². The van der Waals surface area contributed by atoms with Crippen molar-refractivity contribution in [3.05, 3.63) is 23.2 Å². The summed E-state index contributed by atoms with van der Waals surface area (Å²) in [5.41, 5.74) is 6.49. The van der Waals surface area contributed by atoms with Crippen molar-refractivity contribution in [3.8, 4) is 0 Å². The van der Waals surface area contributed by atoms with Crippen LogP contribution in [-0.2, 0) is 14.4 Å². The maximum absolute atomic E-state index is 12.0. The highest BCUT2D eigenvalue weighted by Crippen LogP contribution is 2.24. The fraction of sp³-hybridized carbons (Fsp3) is 0.308. The Labute approximate surface area is 126 Å². The van der Waals surface area contributed by atoms with Crippen LogP contribution in [0, 0.1) is 0 Å². The van der Waals surface area contributed by atoms with Gasteiger partial charge >= 0.3 is 0 Å². The molecule has 21 heavy (non-hydrogen) atoms. The highest BCUT2D eigenvalue weighted by atomic mass is 35.5. The van der Waals surface area contributed by atoms with Crippen LogP contribution < -0.4 is 16.4 Å². The van der Waals surface area contributed by atoms with Gasteiger partial charge in [0.05, 0.1) is 29.8 Å². The SMILES string of the molecule is CC1C(=O)NC(=O)CN1CC(=O)Nc1cc(N)ccc1Cl. The number of carbonyl (C=O) groups excluding carboxylic acids is 3. The van der Waals surface area contributed by atoms with Crippen LogP contribution in [0.3, 0.4) is 0 Å². The van der Waals surface area contributed by atoms with Gasteiger partial charge in [-0.3, -0.25) is 24.6 Å². The van der Waals surface area contributed by atoms with Crippen molar-refractivity contribution in [2.75, 3.05) is 24.1 Å². The van der Waals surface area contributed by atoms with Crippen molar-refractivity contribution in [2.24, 2.45) is 0 Å². The summed E-state index contributed by atoms with van der Waals surface area (Å²) < 4.78 is 0. The maximum atomic E-state index is 12.0. The Morgan fingerprint density at radius 1 is 1.52 bits per heavy atom. The lowest BCUT2D eigenvalue weighted by molar-refractivity contribution is -0.140. The molecule has 2 rings (SSSR count). The Bertz CT molecular complexity index is 605. The lowest BCUT2D eigenvalue weighted by Crippen LogP contribution is -2.58. The van der Waals surface area contributed by atoms with Crippen LogP contribution in [-0.4, -0.2) is 41.8 Å². The molecule has 0 spiro atoms. The molecule has 3 amide bonds. The fourth-order valence-corrected chi connectivity index (χ4v) is 2.14. The van der Waals surface area contributed by atoms with Gasteiger partial charge in [-0.15, -0.1) is 0 Å². The van der Waals surface area contributed by atoms with Crippen LogP contribution >= 0.6 is 11.6 Å². The molecular formula is C13H15ClN4O3. The molecule has 0 aliphatic carbocycles. The Morgan fingerprint density at radius 2 is 2.24 bits per heavy atom. The van der Waals surface area contributed by atoms with Crippen LogP contribution in [0.25, 0.3) is 0 Å². The van der Waals surface area contributed by atoms with Crippen LogP contribution in [0.2, 0.25) is 5.02 Å². The van der Waals surface area contributed by atoms with E-state index in [1.807, 2.05) is 0 Å². The number of imide groups is 1. The molecule has 8 heteroatoms. The van der Waals surface area contributed by atoms with E-state index >= 15 is 0 Å². The topological polar surface area (TPSA) is 105 Å². The first-order valence-corrected chi connectivity index (χ1v) is 6.67.